The van der Waals surface area contributed by atoms with Crippen molar-refractivity contribution in [1.29, 1.82) is 0 Å². The molecule has 0 unspecified atom stereocenters. The molecule has 0 aliphatic rings. The molecule has 0 atom stereocenters. The fraction of sp³-hybridized carbons (Fsp3) is 0.222. The molecule has 3 aromatic rings. The van der Waals surface area contributed by atoms with Crippen LogP contribution in [0.1, 0.15) is 17.8 Å². The lowest BCUT2D eigenvalue weighted by Gasteiger charge is -2.05. The van der Waals surface area contributed by atoms with Crippen LogP contribution in [0, 0.1) is 12.7 Å². The maximum absolute atomic E-state index is 12.8. The predicted molar refractivity (Wildman–Crippen MR) is 99.3 cm³/mol. The van der Waals surface area contributed by atoms with Crippen LogP contribution in [0.3, 0.4) is 0 Å². The SMILES string of the molecule is Cc1nc2cc(NC(=O)CCCSc3ccc(F)cc3)ccc2s1. The van der Waals surface area contributed by atoms with Gasteiger partial charge >= 0.3 is 0 Å². The van der Waals surface area contributed by atoms with Crippen molar-refractivity contribution in [1.82, 2.24) is 4.98 Å². The molecule has 1 N–H and O–H groups in total. The van der Waals surface area contributed by atoms with Crippen molar-refractivity contribution in [3.63, 3.8) is 0 Å². The zero-order valence-corrected chi connectivity index (χ0v) is 14.8. The van der Waals surface area contributed by atoms with E-state index in [1.54, 1.807) is 35.2 Å². The number of rotatable bonds is 6. The Hall–Kier alpha value is -1.92. The van der Waals surface area contributed by atoms with E-state index in [9.17, 15) is 9.18 Å². The standard InChI is InChI=1S/C18H17FN2OS2/c1-12-20-16-11-14(6-9-17(16)24-12)21-18(22)3-2-10-23-15-7-4-13(19)5-8-15/h4-9,11H,2-3,10H2,1H3,(H,21,22). The van der Waals surface area contributed by atoms with Crippen LogP contribution in [0.5, 0.6) is 0 Å². The lowest BCUT2D eigenvalue weighted by Crippen LogP contribution is -2.11. The molecular weight excluding hydrogens is 343 g/mol. The maximum atomic E-state index is 12.8. The number of fused-ring (bicyclic) bond motifs is 1. The van der Waals surface area contributed by atoms with Gasteiger partial charge < -0.3 is 5.32 Å². The van der Waals surface area contributed by atoms with Crippen LogP contribution in [0.25, 0.3) is 10.2 Å². The van der Waals surface area contributed by atoms with Gasteiger partial charge in [0, 0.05) is 17.0 Å². The van der Waals surface area contributed by atoms with Gasteiger partial charge in [-0.05, 0) is 61.6 Å². The van der Waals surface area contributed by atoms with Gasteiger partial charge in [0.15, 0.2) is 0 Å². The summed E-state index contributed by atoms with van der Waals surface area (Å²) < 4.78 is 13.9. The third kappa shape index (κ3) is 4.55. The van der Waals surface area contributed by atoms with E-state index in [2.05, 4.69) is 10.3 Å². The van der Waals surface area contributed by atoms with Gasteiger partial charge in [-0.1, -0.05) is 0 Å². The number of aryl methyl sites for hydroxylation is 1. The number of nitrogens with zero attached hydrogens (tertiary/aromatic N) is 1. The Morgan fingerprint density at radius 2 is 2.04 bits per heavy atom. The summed E-state index contributed by atoms with van der Waals surface area (Å²) in [6.45, 7) is 1.97. The molecule has 1 amide bonds. The highest BCUT2D eigenvalue weighted by atomic mass is 32.2. The predicted octanol–water partition coefficient (Wildman–Crippen LogP) is 5.25. The molecule has 1 heterocycles. The third-order valence-corrected chi connectivity index (χ3v) is 5.46. The first-order valence-electron chi connectivity index (χ1n) is 7.65. The van der Waals surface area contributed by atoms with Crippen LogP contribution in [0.2, 0.25) is 0 Å². The Morgan fingerprint density at radius 1 is 1.25 bits per heavy atom. The first kappa shape index (κ1) is 16.9. The molecule has 0 saturated heterocycles. The summed E-state index contributed by atoms with van der Waals surface area (Å²) in [6, 6.07) is 12.2. The molecule has 24 heavy (non-hydrogen) atoms. The van der Waals surface area contributed by atoms with Gasteiger partial charge in [-0.2, -0.15) is 0 Å². The summed E-state index contributed by atoms with van der Waals surface area (Å²) >= 11 is 3.27. The maximum Gasteiger partial charge on any atom is 0.224 e. The number of hydrogen-bond donors (Lipinski definition) is 1. The van der Waals surface area contributed by atoms with E-state index < -0.39 is 0 Å². The molecule has 0 aliphatic carbocycles. The van der Waals surface area contributed by atoms with E-state index in [1.807, 2.05) is 25.1 Å². The third-order valence-electron chi connectivity index (χ3n) is 3.41. The average Bonchev–Trinajstić information content (AvgIpc) is 2.92. The van der Waals surface area contributed by atoms with E-state index in [0.717, 1.165) is 38.0 Å². The Kier molecular flexibility index (Phi) is 5.48. The fourth-order valence-corrected chi connectivity index (χ4v) is 3.96. The Morgan fingerprint density at radius 3 is 2.83 bits per heavy atom. The van der Waals surface area contributed by atoms with E-state index in [4.69, 9.17) is 0 Å². The van der Waals surface area contributed by atoms with E-state index in [0.29, 0.717) is 6.42 Å². The number of nitrogens with one attached hydrogen (secondary N) is 1. The summed E-state index contributed by atoms with van der Waals surface area (Å²) in [5, 5.41) is 3.94. The topological polar surface area (TPSA) is 42.0 Å². The molecule has 0 aliphatic heterocycles. The van der Waals surface area contributed by atoms with Crippen molar-refractivity contribution in [3.8, 4) is 0 Å². The normalized spacial score (nSPS) is 10.9. The number of hydrogen-bond acceptors (Lipinski definition) is 4. The van der Waals surface area contributed by atoms with Crippen molar-refractivity contribution < 1.29 is 9.18 Å². The molecular formula is C18H17FN2OS2. The number of carbonyl (C=O) groups excluding carboxylic acids is 1. The molecule has 3 rings (SSSR count). The first-order chi connectivity index (χ1) is 11.6. The molecule has 0 saturated carbocycles. The summed E-state index contributed by atoms with van der Waals surface area (Å²) in [5.74, 6) is 0.593. The number of thiazole rings is 1. The summed E-state index contributed by atoms with van der Waals surface area (Å²) in [6.07, 6.45) is 1.23. The lowest BCUT2D eigenvalue weighted by atomic mass is 10.2. The minimum absolute atomic E-state index is 0.000933. The Labute approximate surface area is 148 Å². The van der Waals surface area contributed by atoms with E-state index in [1.165, 1.54) is 12.1 Å². The van der Waals surface area contributed by atoms with Crippen molar-refractivity contribution in [2.45, 2.75) is 24.7 Å². The van der Waals surface area contributed by atoms with Crippen LogP contribution in [-0.4, -0.2) is 16.6 Å². The van der Waals surface area contributed by atoms with Gasteiger partial charge in [-0.25, -0.2) is 9.37 Å². The summed E-state index contributed by atoms with van der Waals surface area (Å²) in [7, 11) is 0. The number of aromatic nitrogens is 1. The molecule has 124 valence electrons. The van der Waals surface area contributed by atoms with E-state index >= 15 is 0 Å². The minimum atomic E-state index is -0.231. The molecule has 0 radical (unpaired) electrons. The van der Waals surface area contributed by atoms with Crippen LogP contribution in [-0.2, 0) is 4.79 Å². The van der Waals surface area contributed by atoms with Gasteiger partial charge in [-0.15, -0.1) is 23.1 Å². The second kappa shape index (κ2) is 7.77. The second-order valence-electron chi connectivity index (χ2n) is 5.37. The van der Waals surface area contributed by atoms with Gasteiger partial charge in [0.1, 0.15) is 5.82 Å². The molecule has 1 aromatic heterocycles. The average molecular weight is 360 g/mol. The largest absolute Gasteiger partial charge is 0.326 e. The zero-order valence-electron chi connectivity index (χ0n) is 13.2. The molecule has 3 nitrogen and oxygen atoms in total. The van der Waals surface area contributed by atoms with Crippen LogP contribution in [0.4, 0.5) is 10.1 Å². The summed E-state index contributed by atoms with van der Waals surface area (Å²) in [4.78, 5) is 17.5. The molecule has 6 heteroatoms. The number of benzene rings is 2. The zero-order chi connectivity index (χ0) is 16.9. The van der Waals surface area contributed by atoms with Crippen molar-refractivity contribution in [3.05, 3.63) is 53.3 Å². The Bertz CT molecular complexity index is 846. The monoisotopic (exact) mass is 360 g/mol. The number of amides is 1. The molecule has 0 fully saturated rings. The number of thioether (sulfide) groups is 1. The van der Waals surface area contributed by atoms with Gasteiger partial charge in [0.25, 0.3) is 0 Å². The lowest BCUT2D eigenvalue weighted by molar-refractivity contribution is -0.116. The van der Waals surface area contributed by atoms with Gasteiger partial charge in [0.05, 0.1) is 15.2 Å². The number of halogens is 1. The highest BCUT2D eigenvalue weighted by Gasteiger charge is 2.06. The highest BCUT2D eigenvalue weighted by molar-refractivity contribution is 7.99. The van der Waals surface area contributed by atoms with Gasteiger partial charge in [0.2, 0.25) is 5.91 Å². The smallest absolute Gasteiger partial charge is 0.224 e. The number of anilines is 1. The van der Waals surface area contributed by atoms with Crippen molar-refractivity contribution in [2.24, 2.45) is 0 Å². The quantitative estimate of drug-likeness (QED) is 0.482. The molecule has 2 aromatic carbocycles. The molecule has 0 spiro atoms. The minimum Gasteiger partial charge on any atom is -0.326 e. The first-order valence-corrected chi connectivity index (χ1v) is 9.46. The fourth-order valence-electron chi connectivity index (χ4n) is 2.30. The van der Waals surface area contributed by atoms with Gasteiger partial charge in [-0.3, -0.25) is 4.79 Å². The highest BCUT2D eigenvalue weighted by Crippen LogP contribution is 2.24. The Balaban J connectivity index is 1.45. The second-order valence-corrected chi connectivity index (χ2v) is 7.77. The van der Waals surface area contributed by atoms with Crippen molar-refractivity contribution >= 4 is 44.9 Å². The summed E-state index contributed by atoms with van der Waals surface area (Å²) in [5.41, 5.74) is 1.70. The number of carbonyl (C=O) groups is 1. The van der Waals surface area contributed by atoms with Crippen LogP contribution < -0.4 is 5.32 Å². The van der Waals surface area contributed by atoms with Crippen molar-refractivity contribution in [2.75, 3.05) is 11.1 Å². The molecule has 0 bridgehead atoms. The van der Waals surface area contributed by atoms with Crippen LogP contribution >= 0.6 is 23.1 Å². The van der Waals surface area contributed by atoms with E-state index in [-0.39, 0.29) is 11.7 Å². The van der Waals surface area contributed by atoms with Crippen LogP contribution in [0.15, 0.2) is 47.4 Å².